The number of amides is 1. The summed E-state index contributed by atoms with van der Waals surface area (Å²) >= 11 is 6.40. The lowest BCUT2D eigenvalue weighted by Gasteiger charge is -2.30. The van der Waals surface area contributed by atoms with Gasteiger partial charge < -0.3 is 24.5 Å². The van der Waals surface area contributed by atoms with Crippen molar-refractivity contribution in [3.8, 4) is 11.1 Å². The topological polar surface area (TPSA) is 110 Å². The summed E-state index contributed by atoms with van der Waals surface area (Å²) < 4.78 is 19.3. The van der Waals surface area contributed by atoms with Crippen molar-refractivity contribution < 1.29 is 23.8 Å². The molecule has 3 aromatic rings. The van der Waals surface area contributed by atoms with Crippen LogP contribution >= 0.6 is 11.6 Å². The second-order valence-electron chi connectivity index (χ2n) is 11.1. The van der Waals surface area contributed by atoms with Crippen LogP contribution in [0, 0.1) is 5.92 Å². The van der Waals surface area contributed by atoms with Crippen LogP contribution in [0.2, 0.25) is 5.02 Å². The smallest absolute Gasteiger partial charge is 0.251 e. The molecule has 2 N–H and O–H groups in total. The molecule has 1 amide bonds. The van der Waals surface area contributed by atoms with Crippen LogP contribution in [-0.4, -0.2) is 48.3 Å². The van der Waals surface area contributed by atoms with Gasteiger partial charge in [-0.15, -0.1) is 0 Å². The average Bonchev–Trinajstić information content (AvgIpc) is 2.95. The molecule has 0 bridgehead atoms. The van der Waals surface area contributed by atoms with Gasteiger partial charge in [-0.1, -0.05) is 43.6 Å². The number of primary amides is 1. The molecule has 2 aliphatic rings. The molecule has 216 valence electrons. The SMILES string of the molecule is CC(C)[C@@H]1Cc2ccc(Cl)cc2-c2cc(=O)n([C@@H](C[C@@H]3COCCO3)C(=O)Cc3ccc(C(N)=O)cc3)cc2CO1. The number of halogens is 1. The van der Waals surface area contributed by atoms with Crippen LogP contribution in [0.3, 0.4) is 0 Å². The molecule has 1 fully saturated rings. The molecule has 0 spiro atoms. The van der Waals surface area contributed by atoms with Gasteiger partial charge in [-0.25, -0.2) is 0 Å². The van der Waals surface area contributed by atoms with Crippen LogP contribution in [-0.2, 0) is 38.5 Å². The number of ether oxygens (including phenoxy) is 3. The number of nitrogens with two attached hydrogens (primary N) is 1. The highest BCUT2D eigenvalue weighted by molar-refractivity contribution is 6.30. The van der Waals surface area contributed by atoms with Crippen LogP contribution in [0.25, 0.3) is 11.1 Å². The Labute approximate surface area is 244 Å². The van der Waals surface area contributed by atoms with Crippen molar-refractivity contribution in [3.63, 3.8) is 0 Å². The third-order valence-corrected chi connectivity index (χ3v) is 8.07. The summed E-state index contributed by atoms with van der Waals surface area (Å²) in [5.74, 6) is -0.402. The number of hydrogen-bond donors (Lipinski definition) is 1. The number of ketones is 1. The number of aromatic nitrogens is 1. The number of hydrogen-bond acceptors (Lipinski definition) is 6. The Kier molecular flexibility index (Phi) is 9.04. The van der Waals surface area contributed by atoms with E-state index in [1.54, 1.807) is 36.5 Å². The molecule has 41 heavy (non-hydrogen) atoms. The summed E-state index contributed by atoms with van der Waals surface area (Å²) in [7, 11) is 0. The molecule has 3 heterocycles. The van der Waals surface area contributed by atoms with Gasteiger partial charge in [-0.05, 0) is 58.9 Å². The summed E-state index contributed by atoms with van der Waals surface area (Å²) in [6.45, 7) is 5.82. The van der Waals surface area contributed by atoms with Gasteiger partial charge >= 0.3 is 0 Å². The Bertz CT molecular complexity index is 1480. The van der Waals surface area contributed by atoms with E-state index >= 15 is 0 Å². The van der Waals surface area contributed by atoms with Crippen molar-refractivity contribution in [2.45, 2.75) is 58.0 Å². The summed E-state index contributed by atoms with van der Waals surface area (Å²) in [5.41, 5.74) is 9.69. The molecule has 9 heteroatoms. The molecular weight excluding hydrogens is 544 g/mol. The van der Waals surface area contributed by atoms with Gasteiger partial charge in [0.15, 0.2) is 5.78 Å². The second kappa shape index (κ2) is 12.7. The first-order chi connectivity index (χ1) is 19.7. The molecule has 0 unspecified atom stereocenters. The highest BCUT2D eigenvalue weighted by atomic mass is 35.5. The van der Waals surface area contributed by atoms with Gasteiger partial charge in [-0.3, -0.25) is 14.4 Å². The fourth-order valence-electron chi connectivity index (χ4n) is 5.51. The van der Waals surface area contributed by atoms with E-state index in [1.165, 1.54) is 4.57 Å². The number of fused-ring (bicyclic) bond motifs is 3. The van der Waals surface area contributed by atoms with E-state index in [-0.39, 0.29) is 42.3 Å². The molecule has 1 aromatic heterocycles. The lowest BCUT2D eigenvalue weighted by Crippen LogP contribution is -2.37. The monoisotopic (exact) mass is 578 g/mol. The van der Waals surface area contributed by atoms with Gasteiger partial charge in [0.25, 0.3) is 5.56 Å². The standard InChI is InChI=1S/C32H35ClN2O6/c1-19(2)30-12-22-7-8-24(33)13-26(22)27-15-31(37)35(16-23(27)17-41-30)28(14-25-18-39-9-10-40-25)29(36)11-20-3-5-21(6-4-20)32(34)38/h3-8,13,15-16,19,25,28,30H,9-12,14,17-18H2,1-2H3,(H2,34,38)/t25-,28+,30+/m1/s1. The third-order valence-electron chi connectivity index (χ3n) is 7.84. The van der Waals surface area contributed by atoms with Gasteiger partial charge in [0.05, 0.1) is 44.7 Å². The molecule has 0 radical (unpaired) electrons. The Hall–Kier alpha value is -3.30. The van der Waals surface area contributed by atoms with Crippen molar-refractivity contribution in [1.82, 2.24) is 4.57 Å². The number of pyridine rings is 1. The van der Waals surface area contributed by atoms with Gasteiger partial charge in [0.2, 0.25) is 5.91 Å². The van der Waals surface area contributed by atoms with Crippen molar-refractivity contribution in [2.24, 2.45) is 11.7 Å². The third kappa shape index (κ3) is 6.79. The maximum Gasteiger partial charge on any atom is 0.251 e. The van der Waals surface area contributed by atoms with Crippen molar-refractivity contribution in [2.75, 3.05) is 19.8 Å². The number of nitrogens with zero attached hydrogens (tertiary/aromatic N) is 1. The Morgan fingerprint density at radius 3 is 2.46 bits per heavy atom. The molecule has 5 rings (SSSR count). The lowest BCUT2D eigenvalue weighted by atomic mass is 9.89. The fraction of sp³-hybridized carbons (Fsp3) is 0.406. The van der Waals surface area contributed by atoms with Crippen molar-refractivity contribution in [3.05, 3.63) is 92.4 Å². The van der Waals surface area contributed by atoms with Gasteiger partial charge in [-0.2, -0.15) is 0 Å². The van der Waals surface area contributed by atoms with Crippen LogP contribution in [0.1, 0.15) is 53.4 Å². The van der Waals surface area contributed by atoms with Crippen LogP contribution < -0.4 is 11.3 Å². The maximum absolute atomic E-state index is 13.8. The second-order valence-corrected chi connectivity index (χ2v) is 11.5. The lowest BCUT2D eigenvalue weighted by molar-refractivity contribution is -0.126. The maximum atomic E-state index is 13.8. The quantitative estimate of drug-likeness (QED) is 0.421. The average molecular weight is 579 g/mol. The first-order valence-corrected chi connectivity index (χ1v) is 14.3. The van der Waals surface area contributed by atoms with Crippen molar-refractivity contribution >= 4 is 23.3 Å². The van der Waals surface area contributed by atoms with E-state index in [0.717, 1.165) is 27.8 Å². The Morgan fingerprint density at radius 2 is 1.78 bits per heavy atom. The van der Waals surface area contributed by atoms with E-state index in [0.29, 0.717) is 43.4 Å². The summed E-state index contributed by atoms with van der Waals surface area (Å²) in [4.78, 5) is 39.0. The molecule has 1 saturated heterocycles. The molecule has 8 nitrogen and oxygen atoms in total. The Balaban J connectivity index is 1.54. The molecule has 2 aromatic carbocycles. The normalized spacial score (nSPS) is 19.5. The minimum absolute atomic E-state index is 0.0166. The highest BCUT2D eigenvalue weighted by Gasteiger charge is 2.30. The number of carbonyl (C=O) groups excluding carboxylic acids is 2. The predicted molar refractivity (Wildman–Crippen MR) is 156 cm³/mol. The van der Waals surface area contributed by atoms with Gasteiger partial charge in [0, 0.05) is 41.3 Å². The first kappa shape index (κ1) is 29.2. The molecular formula is C32H35ClN2O6. The molecule has 2 aliphatic heterocycles. The van der Waals surface area contributed by atoms with E-state index in [1.807, 2.05) is 18.2 Å². The molecule has 0 aliphatic carbocycles. The fourth-order valence-corrected chi connectivity index (χ4v) is 5.68. The van der Waals surface area contributed by atoms with Crippen LogP contribution in [0.4, 0.5) is 0 Å². The number of Topliss-reactive ketones (excluding diaryl/α,β-unsaturated/α-hetero) is 1. The summed E-state index contributed by atoms with van der Waals surface area (Å²) in [6, 6.07) is 13.2. The van der Waals surface area contributed by atoms with Crippen LogP contribution in [0.5, 0.6) is 0 Å². The zero-order valence-corrected chi connectivity index (χ0v) is 24.1. The van der Waals surface area contributed by atoms with E-state index in [9.17, 15) is 14.4 Å². The highest BCUT2D eigenvalue weighted by Crippen LogP contribution is 2.34. The Morgan fingerprint density at radius 1 is 1.02 bits per heavy atom. The summed E-state index contributed by atoms with van der Waals surface area (Å²) in [5, 5.41) is 0.589. The van der Waals surface area contributed by atoms with Crippen molar-refractivity contribution in [1.29, 1.82) is 0 Å². The minimum Gasteiger partial charge on any atom is -0.376 e. The number of carbonyl (C=O) groups is 2. The van der Waals surface area contributed by atoms with Gasteiger partial charge in [0.1, 0.15) is 0 Å². The predicted octanol–water partition coefficient (Wildman–Crippen LogP) is 4.52. The van der Waals surface area contributed by atoms with E-state index < -0.39 is 11.9 Å². The van der Waals surface area contributed by atoms with Crippen LogP contribution in [0.15, 0.2) is 59.5 Å². The number of rotatable bonds is 8. The zero-order chi connectivity index (χ0) is 29.1. The largest absolute Gasteiger partial charge is 0.376 e. The number of benzene rings is 2. The molecule has 3 atom stereocenters. The molecule has 0 saturated carbocycles. The minimum atomic E-state index is -0.791. The summed E-state index contributed by atoms with van der Waals surface area (Å²) in [6.07, 6.45) is 2.48. The first-order valence-electron chi connectivity index (χ1n) is 14.0. The zero-order valence-electron chi connectivity index (χ0n) is 23.3. The van der Waals surface area contributed by atoms with E-state index in [2.05, 4.69) is 13.8 Å². The van der Waals surface area contributed by atoms with E-state index in [4.69, 9.17) is 31.5 Å².